The highest BCUT2D eigenvalue weighted by Crippen LogP contribution is 2.14. The SMILES string of the molecule is COCCOCCOCCOCc1cc(F)ccc1N. The van der Waals surface area contributed by atoms with Gasteiger partial charge in [-0.05, 0) is 18.2 Å². The largest absolute Gasteiger partial charge is 0.398 e. The third-order valence-electron chi connectivity index (χ3n) is 2.54. The first kappa shape index (κ1) is 16.8. The minimum Gasteiger partial charge on any atom is -0.398 e. The van der Waals surface area contributed by atoms with E-state index >= 15 is 0 Å². The number of halogens is 1. The molecule has 1 aromatic rings. The molecule has 0 aromatic heterocycles. The molecule has 0 aliphatic rings. The van der Waals surface area contributed by atoms with Crippen molar-refractivity contribution < 1.29 is 23.3 Å². The van der Waals surface area contributed by atoms with E-state index in [1.54, 1.807) is 7.11 Å². The first-order valence-corrected chi connectivity index (χ1v) is 6.50. The van der Waals surface area contributed by atoms with Gasteiger partial charge in [0.2, 0.25) is 0 Å². The summed E-state index contributed by atoms with van der Waals surface area (Å²) in [6.07, 6.45) is 0. The molecular formula is C14H22FNO4. The normalized spacial score (nSPS) is 10.9. The molecule has 2 N–H and O–H groups in total. The van der Waals surface area contributed by atoms with Gasteiger partial charge in [-0.15, -0.1) is 0 Å². The third kappa shape index (κ3) is 7.40. The monoisotopic (exact) mass is 287 g/mol. The fraction of sp³-hybridized carbons (Fsp3) is 0.571. The molecule has 0 unspecified atom stereocenters. The van der Waals surface area contributed by atoms with Gasteiger partial charge in [0.25, 0.3) is 0 Å². The summed E-state index contributed by atoms with van der Waals surface area (Å²) in [6.45, 7) is 3.34. The topological polar surface area (TPSA) is 62.9 Å². The van der Waals surface area contributed by atoms with Gasteiger partial charge in [-0.1, -0.05) is 0 Å². The Kier molecular flexibility index (Phi) is 8.90. The molecule has 0 spiro atoms. The van der Waals surface area contributed by atoms with Crippen LogP contribution in [0.5, 0.6) is 0 Å². The molecular weight excluding hydrogens is 265 g/mol. The zero-order valence-electron chi connectivity index (χ0n) is 11.8. The molecule has 0 radical (unpaired) electrons. The molecule has 0 aliphatic heterocycles. The van der Waals surface area contributed by atoms with Crippen molar-refractivity contribution in [1.82, 2.24) is 0 Å². The van der Waals surface area contributed by atoms with Crippen molar-refractivity contribution in [3.63, 3.8) is 0 Å². The Morgan fingerprint density at radius 3 is 2.20 bits per heavy atom. The molecule has 0 bridgehead atoms. The Hall–Kier alpha value is -1.21. The van der Waals surface area contributed by atoms with Crippen molar-refractivity contribution in [2.24, 2.45) is 0 Å². The number of ether oxygens (including phenoxy) is 4. The quantitative estimate of drug-likeness (QED) is 0.495. The summed E-state index contributed by atoms with van der Waals surface area (Å²) in [7, 11) is 1.63. The summed E-state index contributed by atoms with van der Waals surface area (Å²) >= 11 is 0. The average molecular weight is 287 g/mol. The predicted octanol–water partition coefficient (Wildman–Crippen LogP) is 1.60. The van der Waals surface area contributed by atoms with Crippen LogP contribution >= 0.6 is 0 Å². The first-order chi connectivity index (χ1) is 9.74. The number of hydrogen-bond donors (Lipinski definition) is 1. The number of anilines is 1. The van der Waals surface area contributed by atoms with Crippen molar-refractivity contribution in [2.75, 3.05) is 52.5 Å². The minimum absolute atomic E-state index is 0.275. The molecule has 5 nitrogen and oxygen atoms in total. The van der Waals surface area contributed by atoms with Gasteiger partial charge in [0.05, 0.1) is 46.2 Å². The number of nitrogens with two attached hydrogens (primary N) is 1. The Labute approximate surface area is 118 Å². The highest BCUT2D eigenvalue weighted by atomic mass is 19.1. The van der Waals surface area contributed by atoms with E-state index in [4.69, 9.17) is 24.7 Å². The fourth-order valence-corrected chi connectivity index (χ4v) is 1.46. The number of rotatable bonds is 11. The van der Waals surface area contributed by atoms with Crippen LogP contribution in [0.4, 0.5) is 10.1 Å². The maximum absolute atomic E-state index is 13.0. The smallest absolute Gasteiger partial charge is 0.123 e. The molecule has 114 valence electrons. The zero-order valence-corrected chi connectivity index (χ0v) is 11.8. The standard InChI is InChI=1S/C14H22FNO4/c1-17-4-5-18-6-7-19-8-9-20-11-12-10-13(15)2-3-14(12)16/h2-3,10H,4-9,11,16H2,1H3. The van der Waals surface area contributed by atoms with Crippen LogP contribution in [-0.2, 0) is 25.6 Å². The second-order valence-electron chi connectivity index (χ2n) is 4.11. The maximum atomic E-state index is 13.0. The number of hydrogen-bond acceptors (Lipinski definition) is 5. The van der Waals surface area contributed by atoms with Crippen LogP contribution in [0.2, 0.25) is 0 Å². The molecule has 1 rings (SSSR count). The zero-order chi connectivity index (χ0) is 14.6. The number of methoxy groups -OCH3 is 1. The van der Waals surface area contributed by atoms with Crippen LogP contribution in [0.25, 0.3) is 0 Å². The third-order valence-corrected chi connectivity index (χ3v) is 2.54. The van der Waals surface area contributed by atoms with E-state index in [0.717, 1.165) is 0 Å². The van der Waals surface area contributed by atoms with Crippen molar-refractivity contribution in [1.29, 1.82) is 0 Å². The number of benzene rings is 1. The molecule has 0 saturated carbocycles. The second-order valence-corrected chi connectivity index (χ2v) is 4.11. The summed E-state index contributed by atoms with van der Waals surface area (Å²) in [6, 6.07) is 4.23. The van der Waals surface area contributed by atoms with E-state index in [-0.39, 0.29) is 12.4 Å². The lowest BCUT2D eigenvalue weighted by Gasteiger charge is -2.08. The van der Waals surface area contributed by atoms with Crippen LogP contribution in [0.3, 0.4) is 0 Å². The van der Waals surface area contributed by atoms with E-state index in [2.05, 4.69) is 0 Å². The molecule has 6 heteroatoms. The van der Waals surface area contributed by atoms with E-state index in [9.17, 15) is 4.39 Å². The molecule has 0 saturated heterocycles. The maximum Gasteiger partial charge on any atom is 0.123 e. The molecule has 1 aromatic carbocycles. The van der Waals surface area contributed by atoms with Gasteiger partial charge in [0.1, 0.15) is 5.82 Å². The van der Waals surface area contributed by atoms with E-state index in [1.165, 1.54) is 18.2 Å². The minimum atomic E-state index is -0.317. The van der Waals surface area contributed by atoms with Crippen molar-refractivity contribution in [3.05, 3.63) is 29.6 Å². The van der Waals surface area contributed by atoms with Gasteiger partial charge in [-0.2, -0.15) is 0 Å². The second kappa shape index (κ2) is 10.6. The lowest BCUT2D eigenvalue weighted by molar-refractivity contribution is 0.000913. The molecule has 20 heavy (non-hydrogen) atoms. The first-order valence-electron chi connectivity index (χ1n) is 6.50. The van der Waals surface area contributed by atoms with Gasteiger partial charge in [0.15, 0.2) is 0 Å². The summed E-state index contributed by atoms with van der Waals surface area (Å²) in [5.41, 5.74) is 6.88. The Balaban J connectivity index is 1.98. The van der Waals surface area contributed by atoms with Crippen molar-refractivity contribution in [3.8, 4) is 0 Å². The molecule has 0 atom stereocenters. The summed E-state index contributed by atoms with van der Waals surface area (Å²) < 4.78 is 33.7. The number of nitrogen functional groups attached to an aromatic ring is 1. The van der Waals surface area contributed by atoms with Crippen LogP contribution in [0, 0.1) is 5.82 Å². The summed E-state index contributed by atoms with van der Waals surface area (Å²) in [4.78, 5) is 0. The molecule has 0 fully saturated rings. The fourth-order valence-electron chi connectivity index (χ4n) is 1.46. The Bertz CT molecular complexity index is 376. The summed E-state index contributed by atoms with van der Waals surface area (Å²) in [5.74, 6) is -0.317. The lowest BCUT2D eigenvalue weighted by Crippen LogP contribution is -2.11. The van der Waals surface area contributed by atoms with E-state index in [1.807, 2.05) is 0 Å². The molecule has 0 heterocycles. The molecule has 0 amide bonds. The van der Waals surface area contributed by atoms with Crippen LogP contribution in [0.1, 0.15) is 5.56 Å². The van der Waals surface area contributed by atoms with Crippen LogP contribution < -0.4 is 5.73 Å². The Morgan fingerprint density at radius 2 is 1.55 bits per heavy atom. The Morgan fingerprint density at radius 1 is 0.950 bits per heavy atom. The van der Waals surface area contributed by atoms with Crippen molar-refractivity contribution >= 4 is 5.69 Å². The van der Waals surface area contributed by atoms with E-state index < -0.39 is 0 Å². The van der Waals surface area contributed by atoms with Crippen molar-refractivity contribution in [2.45, 2.75) is 6.61 Å². The van der Waals surface area contributed by atoms with Gasteiger partial charge < -0.3 is 24.7 Å². The van der Waals surface area contributed by atoms with Crippen LogP contribution in [0.15, 0.2) is 18.2 Å². The lowest BCUT2D eigenvalue weighted by atomic mass is 10.2. The van der Waals surface area contributed by atoms with Gasteiger partial charge >= 0.3 is 0 Å². The van der Waals surface area contributed by atoms with Gasteiger partial charge in [-0.25, -0.2) is 4.39 Å². The highest BCUT2D eigenvalue weighted by molar-refractivity contribution is 5.46. The summed E-state index contributed by atoms with van der Waals surface area (Å²) in [5, 5.41) is 0. The van der Waals surface area contributed by atoms with Crippen LogP contribution in [-0.4, -0.2) is 46.8 Å². The highest BCUT2D eigenvalue weighted by Gasteiger charge is 2.01. The predicted molar refractivity (Wildman–Crippen MR) is 74.0 cm³/mol. The average Bonchev–Trinajstić information content (AvgIpc) is 2.44. The van der Waals surface area contributed by atoms with Gasteiger partial charge in [0, 0.05) is 18.4 Å². The van der Waals surface area contributed by atoms with E-state index in [0.29, 0.717) is 50.9 Å². The van der Waals surface area contributed by atoms with Gasteiger partial charge in [-0.3, -0.25) is 0 Å². The molecule has 0 aliphatic carbocycles.